The van der Waals surface area contributed by atoms with E-state index in [0.717, 1.165) is 51.1 Å². The van der Waals surface area contributed by atoms with Gasteiger partial charge in [0, 0.05) is 29.6 Å². The van der Waals surface area contributed by atoms with Crippen molar-refractivity contribution in [2.24, 2.45) is 0 Å². The highest BCUT2D eigenvalue weighted by molar-refractivity contribution is 5.93. The van der Waals surface area contributed by atoms with E-state index in [2.05, 4.69) is 42.6 Å². The van der Waals surface area contributed by atoms with Gasteiger partial charge in [0.1, 0.15) is 5.82 Å². The molecule has 6 heteroatoms. The number of hydrogen-bond acceptors (Lipinski definition) is 5. The highest BCUT2D eigenvalue weighted by Crippen LogP contribution is 2.25. The molecule has 0 atom stereocenters. The van der Waals surface area contributed by atoms with Gasteiger partial charge < -0.3 is 10.3 Å². The van der Waals surface area contributed by atoms with E-state index in [1.165, 1.54) is 0 Å². The number of anilines is 1. The Balaban J connectivity index is 1.44. The number of rotatable bonds is 5. The highest BCUT2D eigenvalue weighted by Gasteiger charge is 2.10. The van der Waals surface area contributed by atoms with E-state index < -0.39 is 0 Å². The normalized spacial score (nSPS) is 11.1. The molecule has 0 radical (unpaired) electrons. The molecule has 0 aliphatic rings. The minimum Gasteiger partial charge on any atom is -0.361 e. The van der Waals surface area contributed by atoms with Gasteiger partial charge in [0.25, 0.3) is 0 Å². The van der Waals surface area contributed by atoms with Crippen LogP contribution in [0.25, 0.3) is 21.8 Å². The largest absolute Gasteiger partial charge is 0.361 e. The number of para-hydroxylation sites is 2. The van der Waals surface area contributed by atoms with Crippen LogP contribution in [0.15, 0.2) is 73.1 Å². The van der Waals surface area contributed by atoms with Gasteiger partial charge in [-0.2, -0.15) is 5.10 Å². The highest BCUT2D eigenvalue weighted by atomic mass is 15.2. The van der Waals surface area contributed by atoms with E-state index in [9.17, 15) is 0 Å². The fraction of sp³-hybridized carbons (Fsp3) is 0.0909. The first-order valence-electron chi connectivity index (χ1n) is 9.17. The Morgan fingerprint density at radius 1 is 0.821 bits per heavy atom. The molecular weight excluding hydrogens is 348 g/mol. The maximum Gasteiger partial charge on any atom is 0.156 e. The summed E-state index contributed by atoms with van der Waals surface area (Å²) < 4.78 is 0. The summed E-state index contributed by atoms with van der Waals surface area (Å²) in [5.41, 5.74) is 4.11. The maximum atomic E-state index is 4.61. The molecule has 6 nitrogen and oxygen atoms in total. The Hall–Kier alpha value is -3.80. The summed E-state index contributed by atoms with van der Waals surface area (Å²) in [7, 11) is 0. The molecule has 0 fully saturated rings. The second kappa shape index (κ2) is 7.08. The van der Waals surface area contributed by atoms with Crippen molar-refractivity contribution in [3.8, 4) is 0 Å². The first-order valence-corrected chi connectivity index (χ1v) is 9.17. The summed E-state index contributed by atoms with van der Waals surface area (Å²) in [5.74, 6) is 1.63. The number of nitrogens with zero attached hydrogens (tertiary/aromatic N) is 4. The quantitative estimate of drug-likeness (QED) is 0.489. The van der Waals surface area contributed by atoms with Crippen LogP contribution in [0.5, 0.6) is 0 Å². The summed E-state index contributed by atoms with van der Waals surface area (Å²) >= 11 is 0. The summed E-state index contributed by atoms with van der Waals surface area (Å²) in [6, 6.07) is 20.2. The van der Waals surface area contributed by atoms with Crippen molar-refractivity contribution in [1.29, 1.82) is 0 Å². The number of benzene rings is 2. The van der Waals surface area contributed by atoms with Crippen LogP contribution in [0.4, 0.5) is 5.82 Å². The third-order valence-electron chi connectivity index (χ3n) is 4.75. The smallest absolute Gasteiger partial charge is 0.156 e. The number of aromatic amines is 1. The summed E-state index contributed by atoms with van der Waals surface area (Å²) in [5, 5.41) is 14.5. The fourth-order valence-electron chi connectivity index (χ4n) is 3.37. The van der Waals surface area contributed by atoms with Crippen molar-refractivity contribution < 1.29 is 0 Å². The molecule has 0 aliphatic heterocycles. The molecule has 0 amide bonds. The minimum atomic E-state index is 0.553. The van der Waals surface area contributed by atoms with Crippen LogP contribution in [-0.4, -0.2) is 25.1 Å². The van der Waals surface area contributed by atoms with Crippen molar-refractivity contribution in [1.82, 2.24) is 25.1 Å². The molecule has 3 heterocycles. The van der Waals surface area contributed by atoms with Gasteiger partial charge in [-0.05, 0) is 29.8 Å². The SMILES string of the molecule is c1ccc2[nH]c(CNc3nnc(Cc4ccncc4)c4ccccc34)nc2c1. The van der Waals surface area contributed by atoms with Crippen molar-refractivity contribution >= 4 is 27.6 Å². The maximum absolute atomic E-state index is 4.61. The van der Waals surface area contributed by atoms with Crippen molar-refractivity contribution in [2.45, 2.75) is 13.0 Å². The number of hydrogen-bond donors (Lipinski definition) is 2. The topological polar surface area (TPSA) is 79.4 Å². The van der Waals surface area contributed by atoms with Gasteiger partial charge in [-0.3, -0.25) is 4.98 Å². The molecular formula is C22H18N6. The van der Waals surface area contributed by atoms with Crippen LogP contribution in [0.3, 0.4) is 0 Å². The number of pyridine rings is 1. The molecule has 2 aromatic carbocycles. The van der Waals surface area contributed by atoms with Gasteiger partial charge in [-0.15, -0.1) is 5.10 Å². The van der Waals surface area contributed by atoms with Gasteiger partial charge in [-0.25, -0.2) is 4.98 Å². The number of aromatic nitrogens is 5. The van der Waals surface area contributed by atoms with Gasteiger partial charge >= 0.3 is 0 Å². The second-order valence-corrected chi connectivity index (χ2v) is 6.63. The van der Waals surface area contributed by atoms with Gasteiger partial charge in [-0.1, -0.05) is 36.4 Å². The number of imidazole rings is 1. The van der Waals surface area contributed by atoms with Gasteiger partial charge in [0.15, 0.2) is 5.82 Å². The van der Waals surface area contributed by atoms with E-state index in [1.807, 2.05) is 48.5 Å². The van der Waals surface area contributed by atoms with Crippen molar-refractivity contribution in [2.75, 3.05) is 5.32 Å². The second-order valence-electron chi connectivity index (χ2n) is 6.63. The molecule has 0 saturated heterocycles. The average molecular weight is 366 g/mol. The first kappa shape index (κ1) is 16.4. The molecule has 5 aromatic rings. The van der Waals surface area contributed by atoms with Gasteiger partial charge in [0.05, 0.1) is 23.3 Å². The summed E-state index contributed by atoms with van der Waals surface area (Å²) in [4.78, 5) is 12.0. The lowest BCUT2D eigenvalue weighted by Gasteiger charge is -2.10. The minimum absolute atomic E-state index is 0.553. The van der Waals surface area contributed by atoms with Crippen LogP contribution >= 0.6 is 0 Å². The number of nitrogens with one attached hydrogen (secondary N) is 2. The van der Waals surface area contributed by atoms with E-state index in [0.29, 0.717) is 6.54 Å². The molecule has 0 unspecified atom stereocenters. The van der Waals surface area contributed by atoms with Gasteiger partial charge in [0.2, 0.25) is 0 Å². The van der Waals surface area contributed by atoms with E-state index in [4.69, 9.17) is 0 Å². The predicted octanol–water partition coefficient (Wildman–Crippen LogP) is 4.10. The third-order valence-corrected chi connectivity index (χ3v) is 4.75. The summed E-state index contributed by atoms with van der Waals surface area (Å²) in [6.07, 6.45) is 4.32. The molecule has 28 heavy (non-hydrogen) atoms. The Morgan fingerprint density at radius 3 is 2.46 bits per heavy atom. The van der Waals surface area contributed by atoms with Crippen LogP contribution in [0, 0.1) is 0 Å². The predicted molar refractivity (Wildman–Crippen MR) is 110 cm³/mol. The lowest BCUT2D eigenvalue weighted by Crippen LogP contribution is -2.06. The lowest BCUT2D eigenvalue weighted by molar-refractivity contribution is 0.932. The number of H-pyrrole nitrogens is 1. The average Bonchev–Trinajstić information content (AvgIpc) is 3.17. The standard InChI is InChI=1S/C22H18N6/c1-2-6-17-16(5-1)20(13-15-9-11-23-12-10-15)27-28-22(17)24-14-21-25-18-7-3-4-8-19(18)26-21/h1-12H,13-14H2,(H,24,28)(H,25,26). The van der Waals surface area contributed by atoms with Crippen LogP contribution in [0.1, 0.15) is 17.1 Å². The van der Waals surface area contributed by atoms with Crippen molar-refractivity contribution in [3.63, 3.8) is 0 Å². The monoisotopic (exact) mass is 366 g/mol. The molecule has 136 valence electrons. The Kier molecular flexibility index (Phi) is 4.14. The molecule has 2 N–H and O–H groups in total. The molecule has 3 aromatic heterocycles. The molecule has 0 saturated carbocycles. The third kappa shape index (κ3) is 3.16. The Labute approximate surface area is 161 Å². The zero-order valence-corrected chi connectivity index (χ0v) is 15.1. The van der Waals surface area contributed by atoms with Crippen molar-refractivity contribution in [3.05, 3.63) is 90.1 Å². The van der Waals surface area contributed by atoms with Crippen LogP contribution in [-0.2, 0) is 13.0 Å². The Morgan fingerprint density at radius 2 is 1.61 bits per heavy atom. The zero-order chi connectivity index (χ0) is 18.8. The number of fused-ring (bicyclic) bond motifs is 2. The molecule has 0 aliphatic carbocycles. The van der Waals surface area contributed by atoms with E-state index >= 15 is 0 Å². The summed E-state index contributed by atoms with van der Waals surface area (Å²) in [6.45, 7) is 0.553. The zero-order valence-electron chi connectivity index (χ0n) is 15.1. The first-order chi connectivity index (χ1) is 13.9. The lowest BCUT2D eigenvalue weighted by atomic mass is 10.1. The Bertz CT molecular complexity index is 1210. The molecule has 0 bridgehead atoms. The molecule has 0 spiro atoms. The van der Waals surface area contributed by atoms with Crippen LogP contribution in [0.2, 0.25) is 0 Å². The van der Waals surface area contributed by atoms with E-state index in [-0.39, 0.29) is 0 Å². The van der Waals surface area contributed by atoms with Crippen LogP contribution < -0.4 is 5.32 Å². The fourth-order valence-corrected chi connectivity index (χ4v) is 3.37. The van der Waals surface area contributed by atoms with E-state index in [1.54, 1.807) is 12.4 Å². The molecule has 5 rings (SSSR count).